The molecular formula is C12H17N3O2S. The molecule has 1 aliphatic heterocycles. The molecule has 1 N–H and O–H groups in total. The van der Waals surface area contributed by atoms with Crippen LogP contribution >= 0.6 is 11.3 Å². The van der Waals surface area contributed by atoms with Crippen LogP contribution in [0.25, 0.3) is 0 Å². The number of hydrogen-bond donors (Lipinski definition) is 1. The highest BCUT2D eigenvalue weighted by atomic mass is 32.1. The van der Waals surface area contributed by atoms with Crippen molar-refractivity contribution in [3.63, 3.8) is 0 Å². The Morgan fingerprint density at radius 3 is 2.72 bits per heavy atom. The molecule has 0 unspecified atom stereocenters. The van der Waals surface area contributed by atoms with Crippen LogP contribution in [0.4, 0.5) is 5.13 Å². The number of rotatable bonds is 4. The van der Waals surface area contributed by atoms with Gasteiger partial charge in [0.05, 0.1) is 6.54 Å². The van der Waals surface area contributed by atoms with Crippen LogP contribution in [0.1, 0.15) is 31.6 Å². The van der Waals surface area contributed by atoms with E-state index in [1.165, 1.54) is 16.2 Å². The lowest BCUT2D eigenvalue weighted by Gasteiger charge is -2.27. The second-order valence-corrected chi connectivity index (χ2v) is 5.66. The van der Waals surface area contributed by atoms with Crippen LogP contribution in [0.5, 0.6) is 0 Å². The van der Waals surface area contributed by atoms with E-state index < -0.39 is 0 Å². The zero-order valence-corrected chi connectivity index (χ0v) is 11.4. The van der Waals surface area contributed by atoms with Crippen molar-refractivity contribution in [3.8, 4) is 0 Å². The third-order valence-electron chi connectivity index (χ3n) is 2.84. The highest BCUT2D eigenvalue weighted by molar-refractivity contribution is 7.15. The van der Waals surface area contributed by atoms with Crippen molar-refractivity contribution in [1.29, 1.82) is 0 Å². The molecule has 6 heteroatoms. The third kappa shape index (κ3) is 2.87. The van der Waals surface area contributed by atoms with E-state index >= 15 is 0 Å². The van der Waals surface area contributed by atoms with E-state index in [2.05, 4.69) is 10.3 Å². The molecule has 2 heterocycles. The van der Waals surface area contributed by atoms with E-state index in [9.17, 15) is 9.59 Å². The van der Waals surface area contributed by atoms with Crippen molar-refractivity contribution < 1.29 is 9.59 Å². The maximum Gasteiger partial charge on any atom is 0.229 e. The van der Waals surface area contributed by atoms with Gasteiger partial charge in [-0.15, -0.1) is 11.3 Å². The lowest BCUT2D eigenvalue weighted by molar-refractivity contribution is -0.150. The highest BCUT2D eigenvalue weighted by Crippen LogP contribution is 2.24. The molecule has 0 saturated carbocycles. The molecule has 1 aromatic heterocycles. The zero-order valence-electron chi connectivity index (χ0n) is 10.6. The van der Waals surface area contributed by atoms with Crippen molar-refractivity contribution in [2.75, 3.05) is 11.9 Å². The Bertz CT molecular complexity index is 440. The van der Waals surface area contributed by atoms with Crippen molar-refractivity contribution in [2.45, 2.75) is 33.2 Å². The molecule has 5 nitrogen and oxygen atoms in total. The van der Waals surface area contributed by atoms with Gasteiger partial charge in [0.15, 0.2) is 5.13 Å². The molecular weight excluding hydrogens is 250 g/mol. The van der Waals surface area contributed by atoms with Gasteiger partial charge in [0.25, 0.3) is 0 Å². The number of carbonyl (C=O) groups excluding carboxylic acids is 2. The first-order valence-corrected chi connectivity index (χ1v) is 6.93. The number of carbonyl (C=O) groups is 2. The monoisotopic (exact) mass is 267 g/mol. The summed E-state index contributed by atoms with van der Waals surface area (Å²) < 4.78 is 0. The van der Waals surface area contributed by atoms with Crippen LogP contribution in [-0.2, 0) is 16.1 Å². The molecule has 98 valence electrons. The topological polar surface area (TPSA) is 62.3 Å². The van der Waals surface area contributed by atoms with Crippen LogP contribution in [-0.4, -0.2) is 28.2 Å². The van der Waals surface area contributed by atoms with E-state index in [0.717, 1.165) is 16.6 Å². The molecule has 0 aromatic carbocycles. The summed E-state index contributed by atoms with van der Waals surface area (Å²) >= 11 is 1.49. The molecule has 0 atom stereocenters. The number of anilines is 1. The number of hydrogen-bond acceptors (Lipinski definition) is 5. The smallest absolute Gasteiger partial charge is 0.229 e. The second-order valence-electron chi connectivity index (χ2n) is 4.55. The average Bonchev–Trinajstić information content (AvgIpc) is 2.72. The molecule has 0 bridgehead atoms. The molecule has 0 aliphatic carbocycles. The molecule has 1 aliphatic rings. The molecule has 1 fully saturated rings. The van der Waals surface area contributed by atoms with E-state index in [-0.39, 0.29) is 17.7 Å². The SMILES string of the molecule is CCNc1ncc(CN2C(=O)CC(C)CC2=O)s1. The lowest BCUT2D eigenvalue weighted by Crippen LogP contribution is -2.41. The maximum absolute atomic E-state index is 11.8. The van der Waals surface area contributed by atoms with Gasteiger partial charge in [0, 0.05) is 30.5 Å². The largest absolute Gasteiger partial charge is 0.362 e. The van der Waals surface area contributed by atoms with Crippen LogP contribution in [0, 0.1) is 5.92 Å². The lowest BCUT2D eigenvalue weighted by atomic mass is 9.98. The predicted molar refractivity (Wildman–Crippen MR) is 70.2 cm³/mol. The Hall–Kier alpha value is -1.43. The van der Waals surface area contributed by atoms with Crippen molar-refractivity contribution >= 4 is 28.3 Å². The maximum atomic E-state index is 11.8. The fourth-order valence-electron chi connectivity index (χ4n) is 1.97. The second kappa shape index (κ2) is 5.48. The molecule has 2 amide bonds. The van der Waals surface area contributed by atoms with Gasteiger partial charge in [-0.3, -0.25) is 14.5 Å². The van der Waals surface area contributed by atoms with Gasteiger partial charge in [-0.2, -0.15) is 0 Å². The van der Waals surface area contributed by atoms with Crippen LogP contribution in [0.2, 0.25) is 0 Å². The Kier molecular flexibility index (Phi) is 3.96. The first-order chi connectivity index (χ1) is 8.60. The van der Waals surface area contributed by atoms with E-state index in [1.807, 2.05) is 13.8 Å². The number of thiazole rings is 1. The number of aromatic nitrogens is 1. The number of nitrogens with one attached hydrogen (secondary N) is 1. The van der Waals surface area contributed by atoms with E-state index in [1.54, 1.807) is 6.20 Å². The number of imide groups is 1. The summed E-state index contributed by atoms with van der Waals surface area (Å²) in [6.45, 7) is 5.10. The predicted octanol–water partition coefficient (Wildman–Crippen LogP) is 1.86. The fraction of sp³-hybridized carbons (Fsp3) is 0.583. The van der Waals surface area contributed by atoms with E-state index in [4.69, 9.17) is 0 Å². The van der Waals surface area contributed by atoms with Crippen LogP contribution in [0.15, 0.2) is 6.20 Å². The number of nitrogens with zero attached hydrogens (tertiary/aromatic N) is 2. The molecule has 0 radical (unpaired) electrons. The van der Waals surface area contributed by atoms with Gasteiger partial charge in [-0.05, 0) is 12.8 Å². The summed E-state index contributed by atoms with van der Waals surface area (Å²) in [6, 6.07) is 0. The minimum atomic E-state index is -0.0721. The minimum absolute atomic E-state index is 0.0721. The van der Waals surface area contributed by atoms with Crippen molar-refractivity contribution in [1.82, 2.24) is 9.88 Å². The molecule has 1 saturated heterocycles. The normalized spacial score (nSPS) is 17.3. The molecule has 18 heavy (non-hydrogen) atoms. The summed E-state index contributed by atoms with van der Waals surface area (Å²) in [6.07, 6.45) is 2.65. The zero-order chi connectivity index (χ0) is 13.1. The number of amides is 2. The Morgan fingerprint density at radius 1 is 1.44 bits per heavy atom. The van der Waals surface area contributed by atoms with Gasteiger partial charge < -0.3 is 5.32 Å². The fourth-order valence-corrected chi connectivity index (χ4v) is 2.84. The first-order valence-electron chi connectivity index (χ1n) is 6.12. The highest BCUT2D eigenvalue weighted by Gasteiger charge is 2.30. The first kappa shape index (κ1) is 13.0. The number of likely N-dealkylation sites (tertiary alicyclic amines) is 1. The number of piperidine rings is 1. The Balaban J connectivity index is 2.03. The Labute approximate surface area is 110 Å². The van der Waals surface area contributed by atoms with Gasteiger partial charge >= 0.3 is 0 Å². The Morgan fingerprint density at radius 2 is 2.11 bits per heavy atom. The summed E-state index contributed by atoms with van der Waals surface area (Å²) in [4.78, 5) is 30.1. The summed E-state index contributed by atoms with van der Waals surface area (Å²) in [5.41, 5.74) is 0. The molecule has 1 aromatic rings. The van der Waals surface area contributed by atoms with Gasteiger partial charge in [-0.25, -0.2) is 4.98 Å². The van der Waals surface area contributed by atoms with Crippen molar-refractivity contribution in [3.05, 3.63) is 11.1 Å². The quantitative estimate of drug-likeness (QED) is 0.846. The third-order valence-corrected chi connectivity index (χ3v) is 3.78. The minimum Gasteiger partial charge on any atom is -0.362 e. The van der Waals surface area contributed by atoms with Crippen LogP contribution in [0.3, 0.4) is 0 Å². The van der Waals surface area contributed by atoms with Crippen molar-refractivity contribution in [2.24, 2.45) is 5.92 Å². The van der Waals surface area contributed by atoms with Crippen LogP contribution < -0.4 is 5.32 Å². The summed E-state index contributed by atoms with van der Waals surface area (Å²) in [5.74, 6) is 0.0225. The molecule has 2 rings (SSSR count). The van der Waals surface area contributed by atoms with E-state index in [0.29, 0.717) is 19.4 Å². The average molecular weight is 267 g/mol. The summed E-state index contributed by atoms with van der Waals surface area (Å²) in [5, 5.41) is 3.94. The van der Waals surface area contributed by atoms with Gasteiger partial charge in [0.1, 0.15) is 0 Å². The van der Waals surface area contributed by atoms with Gasteiger partial charge in [-0.1, -0.05) is 6.92 Å². The summed E-state index contributed by atoms with van der Waals surface area (Å²) in [7, 11) is 0. The molecule has 0 spiro atoms. The van der Waals surface area contributed by atoms with Gasteiger partial charge in [0.2, 0.25) is 11.8 Å². The standard InChI is InChI=1S/C12H17N3O2S/c1-3-13-12-14-6-9(18-12)7-15-10(16)4-8(2)5-11(15)17/h6,8H,3-5,7H2,1-2H3,(H,13,14).